The van der Waals surface area contributed by atoms with E-state index in [0.717, 1.165) is 44.1 Å². The van der Waals surface area contributed by atoms with Crippen LogP contribution in [0, 0.1) is 5.82 Å². The van der Waals surface area contributed by atoms with Gasteiger partial charge in [-0.1, -0.05) is 37.8 Å². The van der Waals surface area contributed by atoms with Gasteiger partial charge in [0.2, 0.25) is 5.91 Å². The molecule has 5 rings (SSSR count). The number of nitrogens with zero attached hydrogens (tertiary/aromatic N) is 3. The molecule has 1 aromatic carbocycles. The standard InChI is InChI=1S/C26H32FN5O3/c1-26(25(35)28-14-17-8-10-18(27)11-9-17)15-31-16-29-21(22(31)24(34)32(26)20-12-13-20)23(33)30-19-6-4-2-3-5-7-19/h8-11,16,19-20H,2-7,12-15H2,1H3,(H,28,35)(H,30,33). The van der Waals surface area contributed by atoms with Crippen molar-refractivity contribution in [2.24, 2.45) is 0 Å². The van der Waals surface area contributed by atoms with Gasteiger partial charge in [-0.25, -0.2) is 9.37 Å². The summed E-state index contributed by atoms with van der Waals surface area (Å²) in [6.07, 6.45) is 9.57. The number of nitrogens with one attached hydrogen (secondary N) is 2. The molecule has 1 atom stereocenters. The van der Waals surface area contributed by atoms with Gasteiger partial charge >= 0.3 is 0 Å². The summed E-state index contributed by atoms with van der Waals surface area (Å²) in [6.45, 7) is 2.20. The van der Waals surface area contributed by atoms with Crippen LogP contribution in [0.2, 0.25) is 0 Å². The molecule has 1 unspecified atom stereocenters. The molecular formula is C26H32FN5O3. The normalized spacial score (nSPS) is 22.9. The number of carbonyl (C=O) groups is 3. The van der Waals surface area contributed by atoms with Gasteiger partial charge in [0.1, 0.15) is 17.1 Å². The molecule has 2 saturated carbocycles. The minimum absolute atomic E-state index is 0.0366. The molecular weight excluding hydrogens is 449 g/mol. The first-order chi connectivity index (χ1) is 16.9. The molecule has 2 aromatic rings. The Labute approximate surface area is 204 Å². The van der Waals surface area contributed by atoms with Crippen molar-refractivity contribution in [1.29, 1.82) is 0 Å². The molecule has 2 fully saturated rings. The molecule has 9 heteroatoms. The average Bonchev–Trinajstić information content (AvgIpc) is 3.62. The van der Waals surface area contributed by atoms with Crippen molar-refractivity contribution in [1.82, 2.24) is 25.1 Å². The summed E-state index contributed by atoms with van der Waals surface area (Å²) in [7, 11) is 0. The Balaban J connectivity index is 1.36. The number of aromatic nitrogens is 2. The fourth-order valence-corrected chi connectivity index (χ4v) is 5.37. The largest absolute Gasteiger partial charge is 0.350 e. The summed E-state index contributed by atoms with van der Waals surface area (Å²) in [6, 6.07) is 6.01. The van der Waals surface area contributed by atoms with Crippen molar-refractivity contribution in [2.75, 3.05) is 0 Å². The van der Waals surface area contributed by atoms with E-state index < -0.39 is 5.54 Å². The molecule has 8 nitrogen and oxygen atoms in total. The van der Waals surface area contributed by atoms with E-state index in [1.165, 1.54) is 31.3 Å². The maximum Gasteiger partial charge on any atom is 0.274 e. The van der Waals surface area contributed by atoms with E-state index in [4.69, 9.17) is 0 Å². The predicted octanol–water partition coefficient (Wildman–Crippen LogP) is 3.17. The number of halogens is 1. The van der Waals surface area contributed by atoms with Gasteiger partial charge in [0.05, 0.1) is 12.9 Å². The van der Waals surface area contributed by atoms with Crippen molar-refractivity contribution in [3.8, 4) is 0 Å². The van der Waals surface area contributed by atoms with Crippen LogP contribution < -0.4 is 10.6 Å². The molecule has 2 aliphatic carbocycles. The molecule has 0 spiro atoms. The molecule has 0 radical (unpaired) electrons. The smallest absolute Gasteiger partial charge is 0.274 e. The Bertz CT molecular complexity index is 1120. The van der Waals surface area contributed by atoms with Crippen molar-refractivity contribution in [3.63, 3.8) is 0 Å². The second-order valence-electron chi connectivity index (χ2n) is 10.2. The van der Waals surface area contributed by atoms with Gasteiger partial charge in [-0.3, -0.25) is 14.4 Å². The predicted molar refractivity (Wildman–Crippen MR) is 127 cm³/mol. The van der Waals surface area contributed by atoms with Crippen LogP contribution in [0.1, 0.15) is 84.8 Å². The van der Waals surface area contributed by atoms with Crippen LogP contribution in [0.15, 0.2) is 30.6 Å². The van der Waals surface area contributed by atoms with E-state index >= 15 is 0 Å². The average molecular weight is 482 g/mol. The molecule has 1 aliphatic heterocycles. The monoisotopic (exact) mass is 481 g/mol. The van der Waals surface area contributed by atoms with Gasteiger partial charge in [0.15, 0.2) is 5.69 Å². The number of amides is 3. The highest BCUT2D eigenvalue weighted by Crippen LogP contribution is 2.39. The Kier molecular flexibility index (Phi) is 6.34. The van der Waals surface area contributed by atoms with Gasteiger partial charge in [-0.15, -0.1) is 0 Å². The van der Waals surface area contributed by atoms with Crippen LogP contribution in [-0.2, 0) is 17.9 Å². The van der Waals surface area contributed by atoms with E-state index in [2.05, 4.69) is 15.6 Å². The first-order valence-corrected chi connectivity index (χ1v) is 12.6. The van der Waals surface area contributed by atoms with Gasteiger partial charge in [0.25, 0.3) is 11.8 Å². The third-order valence-electron chi connectivity index (χ3n) is 7.44. The molecule has 2 N–H and O–H groups in total. The van der Waals surface area contributed by atoms with Gasteiger partial charge in [0, 0.05) is 18.6 Å². The highest BCUT2D eigenvalue weighted by molar-refractivity contribution is 6.07. The number of imidazole rings is 1. The first-order valence-electron chi connectivity index (χ1n) is 12.6. The molecule has 1 aromatic heterocycles. The van der Waals surface area contributed by atoms with Crippen LogP contribution in [0.4, 0.5) is 4.39 Å². The summed E-state index contributed by atoms with van der Waals surface area (Å²) >= 11 is 0. The zero-order valence-corrected chi connectivity index (χ0v) is 20.1. The molecule has 186 valence electrons. The van der Waals surface area contributed by atoms with Crippen LogP contribution >= 0.6 is 0 Å². The fraction of sp³-hybridized carbons (Fsp3) is 0.538. The Morgan fingerprint density at radius 2 is 1.77 bits per heavy atom. The number of benzene rings is 1. The maximum absolute atomic E-state index is 13.7. The highest BCUT2D eigenvalue weighted by atomic mass is 19.1. The van der Waals surface area contributed by atoms with Crippen molar-refractivity contribution in [2.45, 2.75) is 89.0 Å². The summed E-state index contributed by atoms with van der Waals surface area (Å²) in [5.41, 5.74) is 0.0378. The summed E-state index contributed by atoms with van der Waals surface area (Å²) in [5, 5.41) is 6.00. The van der Waals surface area contributed by atoms with Gasteiger partial charge in [-0.2, -0.15) is 0 Å². The molecule has 35 heavy (non-hydrogen) atoms. The highest BCUT2D eigenvalue weighted by Gasteiger charge is 2.53. The zero-order chi connectivity index (χ0) is 24.6. The summed E-state index contributed by atoms with van der Waals surface area (Å²) in [5.74, 6) is -1.27. The van der Waals surface area contributed by atoms with E-state index in [9.17, 15) is 18.8 Å². The SMILES string of the molecule is CC1(C(=O)NCc2ccc(F)cc2)Cn2cnc(C(=O)NC3CCCCCC3)c2C(=O)N1C1CC1. The van der Waals surface area contributed by atoms with Crippen LogP contribution in [-0.4, -0.2) is 49.8 Å². The lowest BCUT2D eigenvalue weighted by atomic mass is 9.93. The number of hydrogen-bond acceptors (Lipinski definition) is 4. The van der Waals surface area contributed by atoms with Crippen LogP contribution in [0.5, 0.6) is 0 Å². The molecule has 3 amide bonds. The fourth-order valence-electron chi connectivity index (χ4n) is 5.37. The lowest BCUT2D eigenvalue weighted by Crippen LogP contribution is -2.64. The minimum atomic E-state index is -1.12. The topological polar surface area (TPSA) is 96.3 Å². The van der Waals surface area contributed by atoms with Crippen molar-refractivity contribution >= 4 is 17.7 Å². The van der Waals surface area contributed by atoms with Gasteiger partial charge in [-0.05, 0) is 50.3 Å². The zero-order valence-electron chi connectivity index (χ0n) is 20.1. The Hall–Kier alpha value is -3.23. The van der Waals surface area contributed by atoms with E-state index in [1.54, 1.807) is 28.5 Å². The van der Waals surface area contributed by atoms with E-state index in [0.29, 0.717) is 0 Å². The van der Waals surface area contributed by atoms with Crippen LogP contribution in [0.25, 0.3) is 0 Å². The molecule has 0 bridgehead atoms. The Morgan fingerprint density at radius 1 is 1.09 bits per heavy atom. The second-order valence-corrected chi connectivity index (χ2v) is 10.2. The third kappa shape index (κ3) is 4.68. The van der Waals surface area contributed by atoms with E-state index in [-0.39, 0.29) is 60.1 Å². The quantitative estimate of drug-likeness (QED) is 0.620. The van der Waals surface area contributed by atoms with Crippen LogP contribution in [0.3, 0.4) is 0 Å². The van der Waals surface area contributed by atoms with Crippen molar-refractivity contribution < 1.29 is 18.8 Å². The number of rotatable bonds is 6. The number of fused-ring (bicyclic) bond motifs is 1. The van der Waals surface area contributed by atoms with Crippen molar-refractivity contribution in [3.05, 3.63) is 53.4 Å². The lowest BCUT2D eigenvalue weighted by molar-refractivity contribution is -0.133. The summed E-state index contributed by atoms with van der Waals surface area (Å²) in [4.78, 5) is 46.2. The molecule has 0 saturated heterocycles. The minimum Gasteiger partial charge on any atom is -0.350 e. The third-order valence-corrected chi connectivity index (χ3v) is 7.44. The van der Waals surface area contributed by atoms with E-state index in [1.807, 2.05) is 0 Å². The summed E-state index contributed by atoms with van der Waals surface area (Å²) < 4.78 is 14.8. The maximum atomic E-state index is 13.7. The number of hydrogen-bond donors (Lipinski definition) is 2. The molecule has 3 aliphatic rings. The lowest BCUT2D eigenvalue weighted by Gasteiger charge is -2.44. The molecule has 2 heterocycles. The first kappa shape index (κ1) is 23.5. The Morgan fingerprint density at radius 3 is 2.43 bits per heavy atom. The van der Waals surface area contributed by atoms with Gasteiger partial charge < -0.3 is 20.1 Å². The second kappa shape index (κ2) is 9.43. The number of carbonyl (C=O) groups excluding carboxylic acids is 3.